The minimum Gasteiger partial charge on any atom is -0.394 e. The zero-order chi connectivity index (χ0) is 21.3. The quantitative estimate of drug-likeness (QED) is 0.680. The highest BCUT2D eigenvalue weighted by Gasteiger charge is 2.54. The van der Waals surface area contributed by atoms with Gasteiger partial charge in [-0.25, -0.2) is 0 Å². The molecule has 30 heavy (non-hydrogen) atoms. The summed E-state index contributed by atoms with van der Waals surface area (Å²) < 4.78 is 17.1. The zero-order valence-electron chi connectivity index (χ0n) is 16.4. The Labute approximate surface area is 173 Å². The van der Waals surface area contributed by atoms with Gasteiger partial charge in [-0.3, -0.25) is 14.5 Å². The molecule has 2 heterocycles. The number of carbonyl (C=O) groups excluding carboxylic acids is 2. The number of benzene rings is 2. The van der Waals surface area contributed by atoms with E-state index in [1.807, 2.05) is 30.3 Å². The Morgan fingerprint density at radius 1 is 1.00 bits per heavy atom. The number of nitrogens with zero attached hydrogens (tertiary/aromatic N) is 1. The first-order valence-electron chi connectivity index (χ1n) is 9.66. The van der Waals surface area contributed by atoms with Crippen LogP contribution < -0.4 is 0 Å². The Morgan fingerprint density at radius 2 is 1.60 bits per heavy atom. The van der Waals surface area contributed by atoms with E-state index in [1.54, 1.807) is 24.3 Å². The summed E-state index contributed by atoms with van der Waals surface area (Å²) in [5.74, 6) is -1.01. The lowest BCUT2D eigenvalue weighted by atomic mass is 9.95. The topological polar surface area (TPSA) is 106 Å². The summed E-state index contributed by atoms with van der Waals surface area (Å²) in [4.78, 5) is 27.1. The van der Waals surface area contributed by atoms with Crippen molar-refractivity contribution < 1.29 is 34.0 Å². The first-order chi connectivity index (χ1) is 14.6. The van der Waals surface area contributed by atoms with Crippen LogP contribution in [0.2, 0.25) is 0 Å². The Hall–Kier alpha value is -2.62. The molecular formula is C22H23NO7. The standard InChI is InChI=1S/C22H23NO7/c1-28-22-17(23-20(26)14-9-5-6-10-15(14)21(23)27)19(18(25)16(11-24)30-22)29-12-13-7-3-2-4-8-13/h2-10,16-19,22,24-25H,11-12H2,1H3/t16-,17-,18-,19+,22-/m0/s1. The number of ether oxygens (including phenoxy) is 3. The van der Waals surface area contributed by atoms with E-state index >= 15 is 0 Å². The lowest BCUT2D eigenvalue weighted by Gasteiger charge is -2.46. The highest BCUT2D eigenvalue weighted by Crippen LogP contribution is 2.34. The number of hydrogen-bond acceptors (Lipinski definition) is 7. The van der Waals surface area contributed by atoms with E-state index in [2.05, 4.69) is 0 Å². The van der Waals surface area contributed by atoms with Crippen LogP contribution in [-0.2, 0) is 20.8 Å². The van der Waals surface area contributed by atoms with Crippen LogP contribution >= 0.6 is 0 Å². The fourth-order valence-electron chi connectivity index (χ4n) is 3.96. The van der Waals surface area contributed by atoms with Crippen LogP contribution in [0, 0.1) is 0 Å². The zero-order valence-corrected chi connectivity index (χ0v) is 16.4. The smallest absolute Gasteiger partial charge is 0.262 e. The molecule has 8 heteroatoms. The first kappa shape index (κ1) is 20.6. The molecule has 0 spiro atoms. The van der Waals surface area contributed by atoms with Crippen molar-refractivity contribution >= 4 is 11.8 Å². The molecule has 2 aliphatic heterocycles. The number of imide groups is 1. The molecule has 5 atom stereocenters. The molecule has 2 aromatic rings. The fourth-order valence-corrected chi connectivity index (χ4v) is 3.96. The summed E-state index contributed by atoms with van der Waals surface area (Å²) in [5.41, 5.74) is 1.41. The van der Waals surface area contributed by atoms with Gasteiger partial charge in [-0.2, -0.15) is 0 Å². The second-order valence-corrected chi connectivity index (χ2v) is 7.23. The van der Waals surface area contributed by atoms with Gasteiger partial charge in [0.2, 0.25) is 0 Å². The van der Waals surface area contributed by atoms with E-state index < -0.39 is 49.1 Å². The largest absolute Gasteiger partial charge is 0.394 e. The predicted octanol–water partition coefficient (Wildman–Crippen LogP) is 0.961. The summed E-state index contributed by atoms with van der Waals surface area (Å²) in [6.45, 7) is -0.335. The molecule has 2 aliphatic rings. The normalized spacial score (nSPS) is 28.6. The molecule has 0 saturated carbocycles. The van der Waals surface area contributed by atoms with Crippen LogP contribution in [0.4, 0.5) is 0 Å². The van der Waals surface area contributed by atoms with Crippen molar-refractivity contribution in [2.75, 3.05) is 13.7 Å². The van der Waals surface area contributed by atoms with Crippen molar-refractivity contribution in [3.05, 3.63) is 71.3 Å². The molecular weight excluding hydrogens is 390 g/mol. The summed E-state index contributed by atoms with van der Waals surface area (Å²) in [5, 5.41) is 20.5. The van der Waals surface area contributed by atoms with Crippen LogP contribution in [0.15, 0.2) is 54.6 Å². The van der Waals surface area contributed by atoms with E-state index in [4.69, 9.17) is 14.2 Å². The van der Waals surface area contributed by atoms with Gasteiger partial charge in [-0.1, -0.05) is 42.5 Å². The summed E-state index contributed by atoms with van der Waals surface area (Å²) in [6, 6.07) is 14.8. The van der Waals surface area contributed by atoms with E-state index in [1.165, 1.54) is 7.11 Å². The van der Waals surface area contributed by atoms with Crippen molar-refractivity contribution in [2.45, 2.75) is 37.3 Å². The van der Waals surface area contributed by atoms with E-state index in [9.17, 15) is 19.8 Å². The Bertz CT molecular complexity index is 884. The van der Waals surface area contributed by atoms with E-state index in [0.717, 1.165) is 10.5 Å². The van der Waals surface area contributed by atoms with Crippen molar-refractivity contribution in [3.63, 3.8) is 0 Å². The fraction of sp³-hybridized carbons (Fsp3) is 0.364. The van der Waals surface area contributed by atoms with Crippen molar-refractivity contribution in [1.29, 1.82) is 0 Å². The van der Waals surface area contributed by atoms with Gasteiger partial charge in [0.1, 0.15) is 24.4 Å². The molecule has 2 amide bonds. The summed E-state index contributed by atoms with van der Waals surface area (Å²) >= 11 is 0. The molecule has 0 aliphatic carbocycles. The van der Waals surface area contributed by atoms with E-state index in [-0.39, 0.29) is 17.7 Å². The third-order valence-corrected chi connectivity index (χ3v) is 5.46. The number of fused-ring (bicyclic) bond motifs is 1. The lowest BCUT2D eigenvalue weighted by Crippen LogP contribution is -2.66. The van der Waals surface area contributed by atoms with Crippen LogP contribution in [0.25, 0.3) is 0 Å². The highest BCUT2D eigenvalue weighted by molar-refractivity contribution is 6.21. The third kappa shape index (κ3) is 3.53. The molecule has 0 bridgehead atoms. The Morgan fingerprint density at radius 3 is 2.17 bits per heavy atom. The van der Waals surface area contributed by atoms with Gasteiger partial charge in [0.15, 0.2) is 6.29 Å². The molecule has 158 valence electrons. The number of carbonyl (C=O) groups is 2. The van der Waals surface area contributed by atoms with Gasteiger partial charge >= 0.3 is 0 Å². The summed E-state index contributed by atoms with van der Waals surface area (Å²) in [7, 11) is 1.37. The van der Waals surface area contributed by atoms with Gasteiger partial charge in [0.05, 0.1) is 24.3 Å². The third-order valence-electron chi connectivity index (χ3n) is 5.46. The monoisotopic (exact) mass is 413 g/mol. The second-order valence-electron chi connectivity index (χ2n) is 7.23. The van der Waals surface area contributed by atoms with Crippen LogP contribution in [0.5, 0.6) is 0 Å². The Balaban J connectivity index is 1.68. The average molecular weight is 413 g/mol. The molecule has 2 aromatic carbocycles. The molecule has 4 rings (SSSR count). The minimum atomic E-state index is -1.28. The SMILES string of the molecule is CO[C@H]1O[C@@H](CO)[C@H](O)[C@H](OCc2ccccc2)[C@@H]1N1C(=O)c2ccccc2C1=O. The van der Waals surface area contributed by atoms with Crippen LogP contribution in [-0.4, -0.2) is 71.3 Å². The van der Waals surface area contributed by atoms with Gasteiger partial charge in [0, 0.05) is 7.11 Å². The molecule has 0 unspecified atom stereocenters. The minimum absolute atomic E-state index is 0.136. The van der Waals surface area contributed by atoms with Gasteiger partial charge in [0.25, 0.3) is 11.8 Å². The van der Waals surface area contributed by atoms with Gasteiger partial charge in [-0.05, 0) is 17.7 Å². The number of aliphatic hydroxyl groups is 2. The number of methoxy groups -OCH3 is 1. The lowest BCUT2D eigenvalue weighted by molar-refractivity contribution is -0.281. The first-order valence-corrected chi connectivity index (χ1v) is 9.66. The highest BCUT2D eigenvalue weighted by atomic mass is 16.7. The molecule has 2 N–H and O–H groups in total. The van der Waals surface area contributed by atoms with Crippen LogP contribution in [0.3, 0.4) is 0 Å². The number of amides is 2. The molecule has 8 nitrogen and oxygen atoms in total. The maximum Gasteiger partial charge on any atom is 0.262 e. The van der Waals surface area contributed by atoms with Gasteiger partial charge < -0.3 is 24.4 Å². The van der Waals surface area contributed by atoms with E-state index in [0.29, 0.717) is 0 Å². The second kappa shape index (κ2) is 8.63. The van der Waals surface area contributed by atoms with Crippen LogP contribution in [0.1, 0.15) is 26.3 Å². The maximum absolute atomic E-state index is 13.1. The molecule has 1 saturated heterocycles. The maximum atomic E-state index is 13.1. The number of hydrogen-bond donors (Lipinski definition) is 2. The van der Waals surface area contributed by atoms with Crippen molar-refractivity contribution in [2.24, 2.45) is 0 Å². The summed E-state index contributed by atoms with van der Waals surface area (Å²) in [6.07, 6.45) is -4.36. The average Bonchev–Trinajstić information content (AvgIpc) is 3.03. The Kier molecular flexibility index (Phi) is 5.94. The predicted molar refractivity (Wildman–Crippen MR) is 105 cm³/mol. The number of rotatable bonds is 6. The molecule has 1 fully saturated rings. The molecule has 0 radical (unpaired) electrons. The van der Waals surface area contributed by atoms with Crippen molar-refractivity contribution in [1.82, 2.24) is 4.90 Å². The van der Waals surface area contributed by atoms with Gasteiger partial charge in [-0.15, -0.1) is 0 Å². The van der Waals surface area contributed by atoms with Crippen molar-refractivity contribution in [3.8, 4) is 0 Å². The molecule has 0 aromatic heterocycles. The number of aliphatic hydroxyl groups excluding tert-OH is 2.